The quantitative estimate of drug-likeness (QED) is 0.643. The third-order valence-electron chi connectivity index (χ3n) is 2.48. The zero-order valence-electron chi connectivity index (χ0n) is 9.66. The van der Waals surface area contributed by atoms with Crippen LogP contribution in [0, 0.1) is 6.92 Å². The van der Waals surface area contributed by atoms with E-state index in [0.29, 0.717) is 6.42 Å². The maximum absolute atomic E-state index is 11.5. The Balaban J connectivity index is 0.00000196. The minimum absolute atomic E-state index is 0. The van der Waals surface area contributed by atoms with Crippen molar-refractivity contribution in [3.05, 3.63) is 18.2 Å². The van der Waals surface area contributed by atoms with E-state index >= 15 is 0 Å². The third kappa shape index (κ3) is 3.45. The van der Waals surface area contributed by atoms with E-state index in [1.807, 2.05) is 26.2 Å². The molecule has 1 aromatic rings. The molecule has 0 N–H and O–H groups in total. The second kappa shape index (κ2) is 6.77. The van der Waals surface area contributed by atoms with Gasteiger partial charge < -0.3 is 17.0 Å². The molecule has 0 aliphatic heterocycles. The van der Waals surface area contributed by atoms with Gasteiger partial charge in [0.15, 0.2) is 0 Å². The highest BCUT2D eigenvalue weighted by Gasteiger charge is 2.16. The Morgan fingerprint density at radius 2 is 2.13 bits per heavy atom. The third-order valence-corrected chi connectivity index (χ3v) is 2.48. The number of carbonyl (C=O) groups excluding carboxylic acids is 1. The van der Waals surface area contributed by atoms with Crippen molar-refractivity contribution in [2.24, 2.45) is 0 Å². The zero-order chi connectivity index (χ0) is 10.6. The average Bonchev–Trinajstić information content (AvgIpc) is 2.56. The van der Waals surface area contributed by atoms with Crippen LogP contribution in [-0.4, -0.2) is 10.5 Å². The van der Waals surface area contributed by atoms with Crippen molar-refractivity contribution in [3.8, 4) is 0 Å². The van der Waals surface area contributed by atoms with Gasteiger partial charge in [0.2, 0.25) is 0 Å². The highest BCUT2D eigenvalue weighted by Crippen LogP contribution is 1.97. The summed E-state index contributed by atoms with van der Waals surface area (Å²) in [7, 11) is 0. The molecule has 0 bridgehead atoms. The van der Waals surface area contributed by atoms with E-state index < -0.39 is 0 Å². The fourth-order valence-corrected chi connectivity index (χ4v) is 1.50. The fourth-order valence-electron chi connectivity index (χ4n) is 1.50. The summed E-state index contributed by atoms with van der Waals surface area (Å²) in [6, 6.07) is 0. The topological polar surface area (TPSA) is 25.9 Å². The Morgan fingerprint density at radius 3 is 2.67 bits per heavy atom. The van der Waals surface area contributed by atoms with E-state index in [4.69, 9.17) is 0 Å². The van der Waals surface area contributed by atoms with Gasteiger partial charge >= 0.3 is 5.91 Å². The second-order valence-corrected chi connectivity index (χ2v) is 3.51. The molecule has 1 rings (SSSR count). The lowest BCUT2D eigenvalue weighted by molar-refractivity contribution is -0.702. The Hall–Kier alpha value is -0.640. The predicted octanol–water partition coefficient (Wildman–Crippen LogP) is -1.06. The molecule has 0 radical (unpaired) electrons. The summed E-state index contributed by atoms with van der Waals surface area (Å²) in [5.74, 6) is 1.20. The van der Waals surface area contributed by atoms with E-state index in [2.05, 4.69) is 11.5 Å². The first-order chi connectivity index (χ1) is 6.70. The summed E-state index contributed by atoms with van der Waals surface area (Å²) >= 11 is 0. The van der Waals surface area contributed by atoms with Crippen molar-refractivity contribution in [1.29, 1.82) is 0 Å². The maximum atomic E-state index is 11.5. The molecule has 0 saturated carbocycles. The summed E-state index contributed by atoms with van der Waals surface area (Å²) in [4.78, 5) is 11.5. The van der Waals surface area contributed by atoms with Crippen molar-refractivity contribution in [3.63, 3.8) is 0 Å². The largest absolute Gasteiger partial charge is 1.00 e. The lowest BCUT2D eigenvalue weighted by Gasteiger charge is -1.97. The Morgan fingerprint density at radius 1 is 1.47 bits per heavy atom. The van der Waals surface area contributed by atoms with Gasteiger partial charge in [-0.15, -0.1) is 0 Å². The summed E-state index contributed by atoms with van der Waals surface area (Å²) in [6.45, 7) is 7.05. The molecule has 0 unspecified atom stereocenters. The van der Waals surface area contributed by atoms with E-state index in [-0.39, 0.29) is 22.9 Å². The normalized spacial score (nSPS) is 9.80. The molecule has 0 aliphatic rings. The van der Waals surface area contributed by atoms with Crippen LogP contribution in [0.1, 0.15) is 43.7 Å². The number of unbranched alkanes of at least 4 members (excludes halogenated alkanes) is 1. The maximum Gasteiger partial charge on any atom is 0.313 e. The number of rotatable bonds is 4. The van der Waals surface area contributed by atoms with Crippen LogP contribution in [0.3, 0.4) is 0 Å². The van der Waals surface area contributed by atoms with Crippen molar-refractivity contribution in [2.45, 2.75) is 46.6 Å². The average molecular weight is 275 g/mol. The van der Waals surface area contributed by atoms with Crippen LogP contribution in [0.25, 0.3) is 0 Å². The van der Waals surface area contributed by atoms with Gasteiger partial charge in [-0.2, -0.15) is 4.57 Å². The summed E-state index contributed by atoms with van der Waals surface area (Å²) in [6.07, 6.45) is 6.74. The monoisotopic (exact) mass is 274 g/mol. The van der Waals surface area contributed by atoms with Gasteiger partial charge in [-0.25, -0.2) is 9.36 Å². The Kier molecular flexibility index (Phi) is 6.48. The molecule has 86 valence electrons. The molecular formula is C11H19BrN2O. The smallest absolute Gasteiger partial charge is 0.313 e. The second-order valence-electron chi connectivity index (χ2n) is 3.51. The number of hydrogen-bond donors (Lipinski definition) is 0. The number of halogens is 1. The Labute approximate surface area is 102 Å². The molecule has 15 heavy (non-hydrogen) atoms. The fraction of sp³-hybridized carbons (Fsp3) is 0.636. The van der Waals surface area contributed by atoms with Crippen LogP contribution in [0.5, 0.6) is 0 Å². The van der Waals surface area contributed by atoms with E-state index in [9.17, 15) is 4.79 Å². The molecule has 1 aromatic heterocycles. The van der Waals surface area contributed by atoms with Gasteiger partial charge in [-0.05, 0) is 6.42 Å². The molecule has 0 aromatic carbocycles. The molecule has 0 spiro atoms. The molecule has 4 heteroatoms. The van der Waals surface area contributed by atoms with E-state index in [0.717, 1.165) is 18.8 Å². The first kappa shape index (κ1) is 14.4. The SMILES string of the molecule is CCCC[n+]1ccn(C(=O)CC)c1C.[Br-]. The van der Waals surface area contributed by atoms with Crippen LogP contribution < -0.4 is 21.5 Å². The highest BCUT2D eigenvalue weighted by molar-refractivity contribution is 5.78. The number of aryl methyl sites for hydroxylation is 1. The molecule has 3 nitrogen and oxygen atoms in total. The van der Waals surface area contributed by atoms with Crippen LogP contribution in [0.15, 0.2) is 12.4 Å². The zero-order valence-corrected chi connectivity index (χ0v) is 11.2. The molecule has 0 fully saturated rings. The number of nitrogens with zero attached hydrogens (tertiary/aromatic N) is 2. The van der Waals surface area contributed by atoms with Gasteiger partial charge in [0, 0.05) is 13.3 Å². The van der Waals surface area contributed by atoms with Gasteiger partial charge in [0.25, 0.3) is 5.82 Å². The minimum atomic E-state index is 0. The van der Waals surface area contributed by atoms with Gasteiger partial charge in [-0.3, -0.25) is 0 Å². The van der Waals surface area contributed by atoms with Crippen LogP contribution in [0.4, 0.5) is 0 Å². The molecule has 1 heterocycles. The van der Waals surface area contributed by atoms with Crippen LogP contribution in [0.2, 0.25) is 0 Å². The minimum Gasteiger partial charge on any atom is -1.00 e. The highest BCUT2D eigenvalue weighted by atomic mass is 79.9. The predicted molar refractivity (Wildman–Crippen MR) is 55.2 cm³/mol. The van der Waals surface area contributed by atoms with Gasteiger partial charge in [0.1, 0.15) is 12.4 Å². The number of imidazole rings is 1. The first-order valence-corrected chi connectivity index (χ1v) is 5.31. The van der Waals surface area contributed by atoms with Gasteiger partial charge in [0.05, 0.1) is 6.54 Å². The molecule has 0 atom stereocenters. The summed E-state index contributed by atoms with van der Waals surface area (Å²) < 4.78 is 3.87. The summed E-state index contributed by atoms with van der Waals surface area (Å²) in [5, 5.41) is 0. The van der Waals surface area contributed by atoms with Crippen molar-refractivity contribution >= 4 is 5.91 Å². The number of carbonyl (C=O) groups is 1. The number of hydrogen-bond acceptors (Lipinski definition) is 1. The first-order valence-electron chi connectivity index (χ1n) is 5.31. The standard InChI is InChI=1S/C11H19N2O.BrH/c1-4-6-7-12-8-9-13(10(12)3)11(14)5-2;/h8-9H,4-7H2,1-3H3;1H/q+1;/p-1. The molecule has 0 saturated heterocycles. The number of aromatic nitrogens is 2. The van der Waals surface area contributed by atoms with Crippen molar-refractivity contribution in [2.75, 3.05) is 0 Å². The molecule has 0 aliphatic carbocycles. The van der Waals surface area contributed by atoms with Crippen LogP contribution >= 0.6 is 0 Å². The molecule has 0 amide bonds. The van der Waals surface area contributed by atoms with E-state index in [1.165, 1.54) is 6.42 Å². The lowest BCUT2D eigenvalue weighted by Crippen LogP contribution is -3.00. The van der Waals surface area contributed by atoms with Crippen molar-refractivity contribution in [1.82, 2.24) is 4.57 Å². The van der Waals surface area contributed by atoms with Gasteiger partial charge in [-0.1, -0.05) is 20.3 Å². The summed E-state index contributed by atoms with van der Waals surface area (Å²) in [5.41, 5.74) is 0. The lowest BCUT2D eigenvalue weighted by atomic mass is 10.3. The van der Waals surface area contributed by atoms with E-state index in [1.54, 1.807) is 4.57 Å². The Bertz CT molecular complexity index is 320. The molecular weight excluding hydrogens is 256 g/mol. The van der Waals surface area contributed by atoms with Crippen LogP contribution in [-0.2, 0) is 6.54 Å². The van der Waals surface area contributed by atoms with Crippen molar-refractivity contribution < 1.29 is 26.3 Å².